The summed E-state index contributed by atoms with van der Waals surface area (Å²) in [6, 6.07) is 0. The maximum Gasteiger partial charge on any atom is 0.334 e. The molecule has 6 nitrogen and oxygen atoms in total. The number of hydrogen-bond donors (Lipinski definition) is 0. The van der Waals surface area contributed by atoms with Crippen LogP contribution in [0.3, 0.4) is 0 Å². The van der Waals surface area contributed by atoms with Gasteiger partial charge in [0.2, 0.25) is 0 Å². The molecule has 3 aliphatic carbocycles. The number of carbonyl (C=O) groups excluding carboxylic acids is 3. The van der Waals surface area contributed by atoms with Crippen LogP contribution in [0.15, 0.2) is 88.6 Å². The first-order chi connectivity index (χ1) is 16.0. The number of rotatable bonds is 6. The van der Waals surface area contributed by atoms with Crippen molar-refractivity contribution in [3.8, 4) is 0 Å². The first-order valence-corrected chi connectivity index (χ1v) is 10.4. The van der Waals surface area contributed by atoms with E-state index in [0.717, 1.165) is 0 Å². The number of esters is 3. The second-order valence-corrected chi connectivity index (χ2v) is 6.03. The molecule has 0 fully saturated rings. The third-order valence-corrected chi connectivity index (χ3v) is 3.69. The smallest absolute Gasteiger partial charge is 0.334 e. The van der Waals surface area contributed by atoms with E-state index in [1.165, 1.54) is 0 Å². The molecule has 0 heterocycles. The maximum absolute atomic E-state index is 11.0. The summed E-state index contributed by atoms with van der Waals surface area (Å²) in [5.41, 5.74) is 10.2. The number of ether oxygens (including phenoxy) is 3. The summed E-state index contributed by atoms with van der Waals surface area (Å²) in [4.78, 5) is 33.0. The Balaban J connectivity index is -0.000000436. The second-order valence-electron chi connectivity index (χ2n) is 6.03. The van der Waals surface area contributed by atoms with Gasteiger partial charge in [0.05, 0.1) is 19.8 Å². The monoisotopic (exact) mass is 638 g/mol. The van der Waals surface area contributed by atoms with Crippen LogP contribution < -0.4 is 24.8 Å². The fourth-order valence-electron chi connectivity index (χ4n) is 2.21. The zero-order chi connectivity index (χ0) is 24.3. The summed E-state index contributed by atoms with van der Waals surface area (Å²) < 4.78 is 14.3. The average Bonchev–Trinajstić information content (AvgIpc) is 2.87. The van der Waals surface area contributed by atoms with Crippen LogP contribution in [0.2, 0.25) is 0 Å². The van der Waals surface area contributed by atoms with Crippen LogP contribution in [0.25, 0.3) is 0 Å². The molecular weight excluding hydrogens is 613 g/mol. The number of hydrogen-bond acceptors (Lipinski definition) is 6. The van der Waals surface area contributed by atoms with E-state index >= 15 is 0 Å². The number of allylic oxidation sites excluding steroid dienone is 6. The van der Waals surface area contributed by atoms with Gasteiger partial charge in [-0.05, 0) is 75.5 Å². The molecule has 0 unspecified atom stereocenters. The Morgan fingerprint density at radius 1 is 0.556 bits per heavy atom. The minimum Gasteiger partial charge on any atom is -1.00 e. The van der Waals surface area contributed by atoms with Crippen molar-refractivity contribution in [2.45, 2.75) is 20.8 Å². The third kappa shape index (κ3) is 16.3. The quantitative estimate of drug-likeness (QED) is 0.143. The van der Waals surface area contributed by atoms with E-state index in [9.17, 15) is 14.4 Å². The molecule has 3 rings (SSSR count). The van der Waals surface area contributed by atoms with Gasteiger partial charge in [0, 0.05) is 60.4 Å². The number of halogens is 2. The molecule has 0 aliphatic heterocycles. The molecule has 0 aromatic rings. The van der Waals surface area contributed by atoms with E-state index in [1.807, 2.05) is 0 Å². The van der Waals surface area contributed by atoms with Crippen molar-refractivity contribution in [3.05, 3.63) is 108 Å². The summed E-state index contributed by atoms with van der Waals surface area (Å²) in [5.74, 6) is -0.829. The van der Waals surface area contributed by atoms with Crippen molar-refractivity contribution in [1.82, 2.24) is 0 Å². The summed E-state index contributed by atoms with van der Waals surface area (Å²) >= 11 is 0. The van der Waals surface area contributed by atoms with E-state index in [2.05, 4.69) is 17.2 Å². The predicted octanol–water partition coefficient (Wildman–Crippen LogP) is -2.16. The van der Waals surface area contributed by atoms with Gasteiger partial charge in [-0.2, -0.15) is 0 Å². The molecule has 0 N–H and O–H groups in total. The molecule has 0 atom stereocenters. The van der Waals surface area contributed by atoms with Gasteiger partial charge in [-0.1, -0.05) is 0 Å². The molecule has 0 amide bonds. The average molecular weight is 640 g/mol. The molecule has 0 saturated carbocycles. The van der Waals surface area contributed by atoms with Crippen LogP contribution in [0.4, 0.5) is 0 Å². The first kappa shape index (κ1) is 38.1. The fraction of sp³-hybridized carbons (Fsp3) is 0.222. The van der Waals surface area contributed by atoms with E-state index in [-0.39, 0.29) is 67.1 Å². The van der Waals surface area contributed by atoms with Crippen molar-refractivity contribution in [3.63, 3.8) is 0 Å². The van der Waals surface area contributed by atoms with Gasteiger partial charge in [-0.15, -0.1) is 17.2 Å². The summed E-state index contributed by atoms with van der Waals surface area (Å²) in [7, 11) is 0. The van der Waals surface area contributed by atoms with Crippen molar-refractivity contribution in [2.75, 3.05) is 19.8 Å². The molecule has 3 aliphatic rings. The van der Waals surface area contributed by atoms with Crippen LogP contribution in [-0.4, -0.2) is 62.2 Å². The summed E-state index contributed by atoms with van der Waals surface area (Å²) in [5, 5.41) is 0. The van der Waals surface area contributed by atoms with E-state index < -0.39 is 0 Å². The van der Waals surface area contributed by atoms with Gasteiger partial charge in [-0.3, -0.25) is 0 Å². The van der Waals surface area contributed by atoms with Gasteiger partial charge < -0.3 is 39.0 Å². The number of carbonyl (C=O) groups is 3. The van der Waals surface area contributed by atoms with Crippen LogP contribution in [0.1, 0.15) is 20.8 Å². The maximum atomic E-state index is 11.0. The summed E-state index contributed by atoms with van der Waals surface area (Å²) in [6.07, 6.45) is 20.2. The van der Waals surface area contributed by atoms with Gasteiger partial charge in [0.1, 0.15) is 0 Å². The van der Waals surface area contributed by atoms with E-state index in [0.29, 0.717) is 36.5 Å². The Kier molecular flexibility index (Phi) is 25.7. The molecule has 192 valence electrons. The van der Waals surface area contributed by atoms with Crippen molar-refractivity contribution in [2.24, 2.45) is 0 Å². The Bertz CT molecular complexity index is 873. The van der Waals surface area contributed by atoms with Crippen LogP contribution in [-0.2, 0) is 28.6 Å². The minimum atomic E-state index is -0.276. The Labute approximate surface area is 243 Å². The first-order valence-electron chi connectivity index (χ1n) is 10.4. The van der Waals surface area contributed by atoms with Crippen molar-refractivity contribution < 1.29 is 53.4 Å². The molecule has 0 bridgehead atoms. The molecule has 0 aromatic heterocycles. The Morgan fingerprint density at radius 3 is 0.972 bits per heavy atom. The van der Waals surface area contributed by atoms with Crippen molar-refractivity contribution in [1.29, 1.82) is 0 Å². The van der Waals surface area contributed by atoms with Gasteiger partial charge in [-0.25, -0.2) is 14.4 Å². The fourth-order valence-corrected chi connectivity index (χ4v) is 2.21. The third-order valence-electron chi connectivity index (χ3n) is 3.69. The molecule has 36 heavy (non-hydrogen) atoms. The second kappa shape index (κ2) is 24.3. The van der Waals surface area contributed by atoms with Gasteiger partial charge in [0.15, 0.2) is 0 Å². The molecule has 0 saturated heterocycles. The molecule has 9 heteroatoms. The molecule has 0 aromatic carbocycles. The largest absolute Gasteiger partial charge is 1.00 e. The summed E-state index contributed by atoms with van der Waals surface area (Å²) in [6.45, 7) is 6.60. The molecule has 6 radical (unpaired) electrons. The normalized spacial score (nSPS) is 13.2. The van der Waals surface area contributed by atoms with Gasteiger partial charge >= 0.3 is 17.9 Å². The van der Waals surface area contributed by atoms with E-state index in [1.54, 1.807) is 94.7 Å². The Morgan fingerprint density at radius 2 is 0.806 bits per heavy atom. The SMILES string of the molecule is CCOC(=O)C1=CC=C=C[CH]1.CCOC(=O)C1=CC=C=C[CH]1.CCOC(=O)C1=CC=C=C[CH]1.[Cl-].[Cl-].[Sb]. The van der Waals surface area contributed by atoms with E-state index in [4.69, 9.17) is 14.2 Å². The van der Waals surface area contributed by atoms with Crippen LogP contribution >= 0.6 is 0 Å². The van der Waals surface area contributed by atoms with Crippen LogP contribution in [0, 0.1) is 19.3 Å². The van der Waals surface area contributed by atoms with Crippen molar-refractivity contribution >= 4 is 42.3 Å². The minimum absolute atomic E-state index is 0. The standard InChI is InChI=1S/3C9H9O2.2ClH.Sb/c3*1-2-11-9(10)8-6-4-3-5-7-8;;;/h3*4-7H,2H2,1H3;2*1H;/p-2. The Hall–Kier alpha value is -2.41. The zero-order valence-electron chi connectivity index (χ0n) is 20.2. The molecular formula is C27H27Cl2O6Sb-2. The van der Waals surface area contributed by atoms with Gasteiger partial charge in [0.25, 0.3) is 0 Å². The zero-order valence-corrected chi connectivity index (χ0v) is 24.3. The van der Waals surface area contributed by atoms with Crippen LogP contribution in [0.5, 0.6) is 0 Å². The topological polar surface area (TPSA) is 78.9 Å². The predicted molar refractivity (Wildman–Crippen MR) is 131 cm³/mol. The molecule has 0 spiro atoms.